The quantitative estimate of drug-likeness (QED) is 0.898. The Morgan fingerprint density at radius 2 is 2.08 bits per heavy atom. The molecule has 1 N–H and O–H groups in total. The van der Waals surface area contributed by atoms with Gasteiger partial charge in [-0.25, -0.2) is 4.79 Å². The molecule has 0 saturated carbocycles. The number of amides is 2. The summed E-state index contributed by atoms with van der Waals surface area (Å²) in [6.07, 6.45) is 1.06. The Labute approximate surface area is 151 Å². The number of rotatable bonds is 2. The third-order valence-corrected chi connectivity index (χ3v) is 5.99. The normalized spacial score (nSPS) is 22.0. The van der Waals surface area contributed by atoms with Crippen LogP contribution in [-0.2, 0) is 6.54 Å². The lowest BCUT2D eigenvalue weighted by molar-refractivity contribution is 0.130. The van der Waals surface area contributed by atoms with Gasteiger partial charge in [0.2, 0.25) is 0 Å². The maximum atomic E-state index is 13.0. The number of nitrogens with one attached hydrogen (secondary N) is 1. The summed E-state index contributed by atoms with van der Waals surface area (Å²) in [4.78, 5) is 28.3. The Morgan fingerprint density at radius 3 is 2.80 bits per heavy atom. The molecule has 1 fully saturated rings. The van der Waals surface area contributed by atoms with Crippen molar-refractivity contribution in [2.24, 2.45) is 5.92 Å². The second-order valence-corrected chi connectivity index (χ2v) is 8.32. The predicted octanol–water partition coefficient (Wildman–Crippen LogP) is 3.11. The van der Waals surface area contributed by atoms with Gasteiger partial charge in [0, 0.05) is 42.2 Å². The number of thiophene rings is 1. The maximum absolute atomic E-state index is 13.0. The summed E-state index contributed by atoms with van der Waals surface area (Å²) in [7, 11) is 0. The zero-order chi connectivity index (χ0) is 17.6. The molecule has 2 aliphatic heterocycles. The number of piperidine rings is 1. The summed E-state index contributed by atoms with van der Waals surface area (Å²) in [5, 5.41) is 4.98. The first kappa shape index (κ1) is 16.4. The molecule has 2 amide bonds. The third-order valence-electron chi connectivity index (χ3n) is 5.09. The van der Waals surface area contributed by atoms with Crippen molar-refractivity contribution in [2.45, 2.75) is 38.8 Å². The van der Waals surface area contributed by atoms with Gasteiger partial charge in [0.25, 0.3) is 5.56 Å². The van der Waals surface area contributed by atoms with Gasteiger partial charge in [0.15, 0.2) is 0 Å². The van der Waals surface area contributed by atoms with Crippen molar-refractivity contribution in [1.82, 2.24) is 14.8 Å². The van der Waals surface area contributed by atoms with Gasteiger partial charge >= 0.3 is 6.03 Å². The van der Waals surface area contributed by atoms with Crippen molar-refractivity contribution in [3.63, 3.8) is 0 Å². The van der Waals surface area contributed by atoms with Gasteiger partial charge in [-0.05, 0) is 49.8 Å². The lowest BCUT2D eigenvalue weighted by Crippen LogP contribution is -2.52. The zero-order valence-electron chi connectivity index (χ0n) is 14.6. The SMILES string of the molecule is CC(C)NC(=O)N1C[C@H]2C[C@H](C1)c1ccc(-c3cccs3)c(=O)n1C2. The minimum Gasteiger partial charge on any atom is -0.336 e. The van der Waals surface area contributed by atoms with E-state index in [-0.39, 0.29) is 23.6 Å². The molecule has 4 heterocycles. The molecule has 2 aliphatic rings. The van der Waals surface area contributed by atoms with Crippen LogP contribution in [0.1, 0.15) is 31.9 Å². The molecule has 6 heteroatoms. The highest BCUT2D eigenvalue weighted by atomic mass is 32.1. The Morgan fingerprint density at radius 1 is 1.24 bits per heavy atom. The van der Waals surface area contributed by atoms with Gasteiger partial charge in [0.05, 0.1) is 5.56 Å². The monoisotopic (exact) mass is 357 g/mol. The second kappa shape index (κ2) is 6.33. The van der Waals surface area contributed by atoms with E-state index in [0.29, 0.717) is 19.0 Å². The predicted molar refractivity (Wildman–Crippen MR) is 100 cm³/mol. The Kier molecular flexibility index (Phi) is 4.15. The van der Waals surface area contributed by atoms with Crippen molar-refractivity contribution in [2.75, 3.05) is 13.1 Å². The number of carbonyl (C=O) groups is 1. The van der Waals surface area contributed by atoms with Crippen LogP contribution in [0.3, 0.4) is 0 Å². The third kappa shape index (κ3) is 2.99. The number of likely N-dealkylation sites (tertiary alicyclic amines) is 1. The molecule has 132 valence electrons. The van der Waals surface area contributed by atoms with Crippen molar-refractivity contribution >= 4 is 17.4 Å². The summed E-state index contributed by atoms with van der Waals surface area (Å²) in [5.74, 6) is 0.593. The van der Waals surface area contributed by atoms with Crippen molar-refractivity contribution in [1.29, 1.82) is 0 Å². The standard InChI is InChI=1S/C19H23N3O2S/c1-12(2)20-19(24)21-9-13-8-14(11-21)16-6-5-15(17-4-3-7-25-17)18(23)22(16)10-13/h3-7,12-14H,8-11H2,1-2H3,(H,20,24)/t13-,14-/m1/s1. The van der Waals surface area contributed by atoms with Gasteiger partial charge < -0.3 is 14.8 Å². The van der Waals surface area contributed by atoms with Crippen LogP contribution in [-0.4, -0.2) is 34.6 Å². The first-order valence-corrected chi connectivity index (χ1v) is 9.74. The van der Waals surface area contributed by atoms with Gasteiger partial charge in [0.1, 0.15) is 0 Å². The van der Waals surface area contributed by atoms with Crippen LogP contribution in [0.25, 0.3) is 10.4 Å². The largest absolute Gasteiger partial charge is 0.336 e. The van der Waals surface area contributed by atoms with Crippen molar-refractivity contribution in [3.05, 3.63) is 45.7 Å². The number of hydrogen-bond acceptors (Lipinski definition) is 3. The Hall–Kier alpha value is -2.08. The first-order chi connectivity index (χ1) is 12.0. The number of nitrogens with zero attached hydrogens (tertiary/aromatic N) is 2. The average Bonchev–Trinajstić information content (AvgIpc) is 3.09. The highest BCUT2D eigenvalue weighted by molar-refractivity contribution is 7.13. The summed E-state index contributed by atoms with van der Waals surface area (Å²) in [6.45, 7) is 6.07. The molecule has 0 spiro atoms. The molecule has 2 aromatic rings. The second-order valence-electron chi connectivity index (χ2n) is 7.37. The van der Waals surface area contributed by atoms with Gasteiger partial charge in [-0.3, -0.25) is 4.79 Å². The van der Waals surface area contributed by atoms with E-state index >= 15 is 0 Å². The van der Waals surface area contributed by atoms with Gasteiger partial charge in [-0.2, -0.15) is 0 Å². The minimum atomic E-state index is 0.00991. The molecular formula is C19H23N3O2S. The maximum Gasteiger partial charge on any atom is 0.317 e. The van der Waals surface area contributed by atoms with Crippen LogP contribution in [0.15, 0.2) is 34.4 Å². The summed E-state index contributed by atoms with van der Waals surface area (Å²) < 4.78 is 1.95. The highest BCUT2D eigenvalue weighted by Crippen LogP contribution is 2.36. The molecular weight excluding hydrogens is 334 g/mol. The lowest BCUT2D eigenvalue weighted by atomic mass is 9.83. The van der Waals surface area contributed by atoms with Crippen LogP contribution in [0.5, 0.6) is 0 Å². The van der Waals surface area contributed by atoms with E-state index in [1.165, 1.54) is 0 Å². The molecule has 0 unspecified atom stereocenters. The van der Waals surface area contributed by atoms with E-state index in [1.54, 1.807) is 11.3 Å². The number of hydrogen-bond donors (Lipinski definition) is 1. The molecule has 0 aliphatic carbocycles. The van der Waals surface area contributed by atoms with Gasteiger partial charge in [-0.15, -0.1) is 11.3 Å². The zero-order valence-corrected chi connectivity index (χ0v) is 15.4. The average molecular weight is 357 g/mol. The van der Waals surface area contributed by atoms with Crippen LogP contribution in [0, 0.1) is 5.92 Å². The van der Waals surface area contributed by atoms with Crippen molar-refractivity contribution < 1.29 is 4.79 Å². The number of urea groups is 1. The number of fused-ring (bicyclic) bond motifs is 4. The summed E-state index contributed by atoms with van der Waals surface area (Å²) >= 11 is 1.60. The number of aromatic nitrogens is 1. The van der Waals surface area contributed by atoms with E-state index < -0.39 is 0 Å². The van der Waals surface area contributed by atoms with Crippen molar-refractivity contribution in [3.8, 4) is 10.4 Å². The fraction of sp³-hybridized carbons (Fsp3) is 0.474. The molecule has 2 bridgehead atoms. The molecule has 5 nitrogen and oxygen atoms in total. The fourth-order valence-corrected chi connectivity index (χ4v) is 4.81. The van der Waals surface area contributed by atoms with E-state index in [1.807, 2.05) is 46.9 Å². The molecule has 0 aromatic carbocycles. The van der Waals surface area contributed by atoms with Gasteiger partial charge in [-0.1, -0.05) is 6.07 Å². The summed E-state index contributed by atoms with van der Waals surface area (Å²) in [5.41, 5.74) is 1.96. The van der Waals surface area contributed by atoms with Crippen LogP contribution < -0.4 is 10.9 Å². The Balaban J connectivity index is 1.64. The summed E-state index contributed by atoms with van der Waals surface area (Å²) in [6, 6.07) is 8.15. The number of pyridine rings is 1. The molecule has 0 radical (unpaired) electrons. The molecule has 1 saturated heterocycles. The highest BCUT2D eigenvalue weighted by Gasteiger charge is 2.36. The van der Waals surface area contributed by atoms with Crippen LogP contribution in [0.2, 0.25) is 0 Å². The minimum absolute atomic E-state index is 0.00991. The van der Waals surface area contributed by atoms with E-state index in [4.69, 9.17) is 0 Å². The van der Waals surface area contributed by atoms with E-state index in [9.17, 15) is 9.59 Å². The van der Waals surface area contributed by atoms with E-state index in [2.05, 4.69) is 11.4 Å². The molecule has 2 aromatic heterocycles. The van der Waals surface area contributed by atoms with Crippen LogP contribution in [0.4, 0.5) is 4.79 Å². The smallest absolute Gasteiger partial charge is 0.317 e. The fourth-order valence-electron chi connectivity index (χ4n) is 4.07. The topological polar surface area (TPSA) is 54.3 Å². The number of carbonyl (C=O) groups excluding carboxylic acids is 1. The molecule has 25 heavy (non-hydrogen) atoms. The van der Waals surface area contributed by atoms with Crippen LogP contribution >= 0.6 is 11.3 Å². The molecule has 2 atom stereocenters. The van der Waals surface area contributed by atoms with E-state index in [0.717, 1.165) is 29.1 Å². The Bertz CT molecular complexity index is 841. The first-order valence-electron chi connectivity index (χ1n) is 8.86. The lowest BCUT2D eigenvalue weighted by Gasteiger charge is -2.43. The molecule has 4 rings (SSSR count).